The van der Waals surface area contributed by atoms with Gasteiger partial charge in [-0.15, -0.1) is 0 Å². The first-order valence-electron chi connectivity index (χ1n) is 8.04. The minimum atomic E-state index is 0.848. The van der Waals surface area contributed by atoms with Crippen LogP contribution in [-0.4, -0.2) is 6.54 Å². The summed E-state index contributed by atoms with van der Waals surface area (Å²) in [6.45, 7) is 8.55. The summed E-state index contributed by atoms with van der Waals surface area (Å²) in [7, 11) is 0. The van der Waals surface area contributed by atoms with E-state index < -0.39 is 0 Å². The van der Waals surface area contributed by atoms with Crippen molar-refractivity contribution < 1.29 is 4.42 Å². The lowest BCUT2D eigenvalue weighted by Gasteiger charge is -2.03. The van der Waals surface area contributed by atoms with Crippen molar-refractivity contribution in [2.75, 3.05) is 6.54 Å². The lowest BCUT2D eigenvalue weighted by molar-refractivity contribution is 0.507. The lowest BCUT2D eigenvalue weighted by Crippen LogP contribution is -2.14. The van der Waals surface area contributed by atoms with E-state index in [9.17, 15) is 0 Å². The fraction of sp³-hybridized carbons (Fsp3) is 0.556. The molecular weight excluding hydrogens is 246 g/mol. The van der Waals surface area contributed by atoms with Crippen LogP contribution in [0.4, 0.5) is 0 Å². The van der Waals surface area contributed by atoms with Gasteiger partial charge in [0.2, 0.25) is 0 Å². The number of fused-ring (bicyclic) bond motifs is 1. The Labute approximate surface area is 122 Å². The van der Waals surface area contributed by atoms with Gasteiger partial charge in [-0.25, -0.2) is 0 Å². The van der Waals surface area contributed by atoms with E-state index in [0.29, 0.717) is 0 Å². The Kier molecular flexibility index (Phi) is 5.66. The van der Waals surface area contributed by atoms with Crippen LogP contribution < -0.4 is 5.32 Å². The SMILES string of the molecule is CCCNCc1oc2ccc(CCC)cc2c1CCC. The highest BCUT2D eigenvalue weighted by atomic mass is 16.3. The molecule has 0 aliphatic rings. The summed E-state index contributed by atoms with van der Waals surface area (Å²) in [4.78, 5) is 0. The molecule has 0 atom stereocenters. The molecule has 2 rings (SSSR count). The summed E-state index contributed by atoms with van der Waals surface area (Å²) >= 11 is 0. The highest BCUT2D eigenvalue weighted by Gasteiger charge is 2.13. The molecule has 20 heavy (non-hydrogen) atoms. The molecule has 0 fully saturated rings. The van der Waals surface area contributed by atoms with Gasteiger partial charge in [0.1, 0.15) is 11.3 Å². The molecule has 0 saturated carbocycles. The zero-order valence-corrected chi connectivity index (χ0v) is 13.1. The summed E-state index contributed by atoms with van der Waals surface area (Å²) < 4.78 is 6.07. The molecule has 0 bridgehead atoms. The van der Waals surface area contributed by atoms with Gasteiger partial charge in [-0.1, -0.05) is 39.7 Å². The van der Waals surface area contributed by atoms with Gasteiger partial charge >= 0.3 is 0 Å². The zero-order valence-electron chi connectivity index (χ0n) is 13.1. The highest BCUT2D eigenvalue weighted by Crippen LogP contribution is 2.28. The Hall–Kier alpha value is -1.28. The predicted octanol–water partition coefficient (Wildman–Crippen LogP) is 4.84. The Bertz CT molecular complexity index is 542. The molecule has 0 unspecified atom stereocenters. The van der Waals surface area contributed by atoms with Gasteiger partial charge in [-0.05, 0) is 43.5 Å². The fourth-order valence-electron chi connectivity index (χ4n) is 2.74. The van der Waals surface area contributed by atoms with Crippen molar-refractivity contribution in [2.45, 2.75) is 59.4 Å². The van der Waals surface area contributed by atoms with Crippen LogP contribution in [0.3, 0.4) is 0 Å². The smallest absolute Gasteiger partial charge is 0.134 e. The number of furan rings is 1. The molecule has 110 valence electrons. The van der Waals surface area contributed by atoms with Crippen LogP contribution in [0, 0.1) is 0 Å². The summed E-state index contributed by atoms with van der Waals surface area (Å²) in [5, 5.41) is 4.78. The van der Waals surface area contributed by atoms with Crippen LogP contribution in [0.2, 0.25) is 0 Å². The molecule has 0 amide bonds. The number of aryl methyl sites for hydroxylation is 2. The van der Waals surface area contributed by atoms with Crippen LogP contribution in [0.5, 0.6) is 0 Å². The highest BCUT2D eigenvalue weighted by molar-refractivity contribution is 5.83. The van der Waals surface area contributed by atoms with Crippen molar-refractivity contribution in [1.29, 1.82) is 0 Å². The molecular formula is C18H27NO. The van der Waals surface area contributed by atoms with Gasteiger partial charge in [-0.2, -0.15) is 0 Å². The predicted molar refractivity (Wildman–Crippen MR) is 86.2 cm³/mol. The van der Waals surface area contributed by atoms with E-state index in [1.54, 1.807) is 0 Å². The topological polar surface area (TPSA) is 25.2 Å². The quantitative estimate of drug-likeness (QED) is 0.696. The van der Waals surface area contributed by atoms with E-state index in [-0.39, 0.29) is 0 Å². The van der Waals surface area contributed by atoms with Gasteiger partial charge in [0.05, 0.1) is 6.54 Å². The normalized spacial score (nSPS) is 11.3. The maximum atomic E-state index is 6.07. The first kappa shape index (κ1) is 15.1. The van der Waals surface area contributed by atoms with Crippen molar-refractivity contribution in [3.8, 4) is 0 Å². The molecule has 0 spiro atoms. The van der Waals surface area contributed by atoms with Crippen molar-refractivity contribution >= 4 is 11.0 Å². The van der Waals surface area contributed by atoms with Crippen LogP contribution in [-0.2, 0) is 19.4 Å². The number of rotatable bonds is 8. The second kappa shape index (κ2) is 7.49. The second-order valence-electron chi connectivity index (χ2n) is 5.51. The van der Waals surface area contributed by atoms with Crippen molar-refractivity contribution in [1.82, 2.24) is 5.32 Å². The van der Waals surface area contributed by atoms with Crippen LogP contribution in [0.1, 0.15) is 56.9 Å². The van der Waals surface area contributed by atoms with Gasteiger partial charge in [0.15, 0.2) is 0 Å². The fourth-order valence-corrected chi connectivity index (χ4v) is 2.74. The lowest BCUT2D eigenvalue weighted by atomic mass is 10.0. The molecule has 1 N–H and O–H groups in total. The molecule has 0 aliphatic carbocycles. The summed E-state index contributed by atoms with van der Waals surface area (Å²) in [6.07, 6.45) is 5.76. The van der Waals surface area contributed by atoms with Crippen molar-refractivity contribution in [3.63, 3.8) is 0 Å². The number of nitrogens with one attached hydrogen (secondary N) is 1. The largest absolute Gasteiger partial charge is 0.459 e. The van der Waals surface area contributed by atoms with Gasteiger partial charge in [-0.3, -0.25) is 0 Å². The summed E-state index contributed by atoms with van der Waals surface area (Å²) in [5.74, 6) is 1.13. The van der Waals surface area contributed by atoms with Gasteiger partial charge in [0.25, 0.3) is 0 Å². The molecule has 1 aromatic heterocycles. The average Bonchev–Trinajstić information content (AvgIpc) is 2.78. The maximum absolute atomic E-state index is 6.07. The second-order valence-corrected chi connectivity index (χ2v) is 5.51. The molecule has 2 nitrogen and oxygen atoms in total. The van der Waals surface area contributed by atoms with E-state index in [4.69, 9.17) is 4.42 Å². The molecule has 2 heteroatoms. The third kappa shape index (κ3) is 3.43. The first-order chi connectivity index (χ1) is 9.80. The van der Waals surface area contributed by atoms with Crippen molar-refractivity contribution in [3.05, 3.63) is 35.1 Å². The first-order valence-corrected chi connectivity index (χ1v) is 8.04. The Morgan fingerprint density at radius 3 is 2.50 bits per heavy atom. The third-order valence-corrected chi connectivity index (χ3v) is 3.69. The standard InChI is InChI=1S/C18H27NO/c1-4-7-14-9-10-17-16(12-14)15(8-5-2)18(20-17)13-19-11-6-3/h9-10,12,19H,4-8,11,13H2,1-3H3. The summed E-state index contributed by atoms with van der Waals surface area (Å²) in [6, 6.07) is 6.67. The zero-order chi connectivity index (χ0) is 14.4. The van der Waals surface area contributed by atoms with Crippen molar-refractivity contribution in [2.24, 2.45) is 0 Å². The van der Waals surface area contributed by atoms with E-state index in [1.807, 2.05) is 0 Å². The molecule has 0 aliphatic heterocycles. The molecule has 1 aromatic carbocycles. The average molecular weight is 273 g/mol. The van der Waals surface area contributed by atoms with Crippen LogP contribution in [0.25, 0.3) is 11.0 Å². The molecule has 0 radical (unpaired) electrons. The summed E-state index contributed by atoms with van der Waals surface area (Å²) in [5.41, 5.74) is 3.87. The third-order valence-electron chi connectivity index (χ3n) is 3.69. The minimum absolute atomic E-state index is 0.848. The number of hydrogen-bond acceptors (Lipinski definition) is 2. The molecule has 0 saturated heterocycles. The maximum Gasteiger partial charge on any atom is 0.134 e. The number of hydrogen-bond donors (Lipinski definition) is 1. The Balaban J connectivity index is 2.33. The van der Waals surface area contributed by atoms with Crippen LogP contribution >= 0.6 is 0 Å². The van der Waals surface area contributed by atoms with E-state index in [2.05, 4.69) is 44.3 Å². The minimum Gasteiger partial charge on any atom is -0.459 e. The molecule has 2 aromatic rings. The van der Waals surface area contributed by atoms with Crippen LogP contribution in [0.15, 0.2) is 22.6 Å². The molecule has 1 heterocycles. The number of benzene rings is 1. The van der Waals surface area contributed by atoms with Gasteiger partial charge in [0, 0.05) is 10.9 Å². The van der Waals surface area contributed by atoms with E-state index >= 15 is 0 Å². The van der Waals surface area contributed by atoms with E-state index in [0.717, 1.165) is 50.1 Å². The Morgan fingerprint density at radius 2 is 1.80 bits per heavy atom. The van der Waals surface area contributed by atoms with E-state index in [1.165, 1.54) is 22.9 Å². The monoisotopic (exact) mass is 273 g/mol. The van der Waals surface area contributed by atoms with Gasteiger partial charge < -0.3 is 9.73 Å². The Morgan fingerprint density at radius 1 is 1.00 bits per heavy atom.